The molecule has 0 bridgehead atoms. The summed E-state index contributed by atoms with van der Waals surface area (Å²) in [7, 11) is 13.0. The van der Waals surface area contributed by atoms with Crippen LogP contribution in [0.2, 0.25) is 0 Å². The Bertz CT molecular complexity index is 314. The summed E-state index contributed by atoms with van der Waals surface area (Å²) in [5, 5.41) is 0. The summed E-state index contributed by atoms with van der Waals surface area (Å²) >= 11 is 0. The zero-order valence-electron chi connectivity index (χ0n) is 9.70. The van der Waals surface area contributed by atoms with Crippen molar-refractivity contribution in [3.63, 3.8) is 0 Å². The monoisotopic (exact) mass is 205 g/mol. The maximum atomic E-state index is 5.74. The van der Waals surface area contributed by atoms with Crippen molar-refractivity contribution in [2.45, 2.75) is 6.54 Å². The number of benzene rings is 1. The van der Waals surface area contributed by atoms with Crippen LogP contribution in [0.1, 0.15) is 5.56 Å². The molecule has 0 aliphatic carbocycles. The maximum Gasteiger partial charge on any atom is 0.126 e. The summed E-state index contributed by atoms with van der Waals surface area (Å²) in [5.41, 5.74) is 1.66. The normalized spacial score (nSPS) is 10.5. The fourth-order valence-corrected chi connectivity index (χ4v) is 1.48. The fourth-order valence-electron chi connectivity index (χ4n) is 1.48. The molecule has 0 unspecified atom stereocenters. The summed E-state index contributed by atoms with van der Waals surface area (Å²) in [6.07, 6.45) is 0. The van der Waals surface area contributed by atoms with Crippen molar-refractivity contribution >= 4 is 13.3 Å². The first kappa shape index (κ1) is 11.9. The zero-order chi connectivity index (χ0) is 11.4. The highest BCUT2D eigenvalue weighted by molar-refractivity contribution is 6.32. The van der Waals surface area contributed by atoms with Gasteiger partial charge in [0.2, 0.25) is 0 Å². The largest absolute Gasteiger partial charge is 0.496 e. The summed E-state index contributed by atoms with van der Waals surface area (Å²) in [4.78, 5) is 2.05. The van der Waals surface area contributed by atoms with Gasteiger partial charge in [-0.1, -0.05) is 5.46 Å². The lowest BCUT2D eigenvalue weighted by atomic mass is 9.93. The fraction of sp³-hybridized carbons (Fsp3) is 0.455. The number of ether oxygens (including phenoxy) is 2. The highest BCUT2D eigenvalue weighted by Crippen LogP contribution is 2.27. The van der Waals surface area contributed by atoms with Gasteiger partial charge in [-0.2, -0.15) is 0 Å². The van der Waals surface area contributed by atoms with Crippen molar-refractivity contribution in [3.05, 3.63) is 17.7 Å². The van der Waals surface area contributed by atoms with Crippen LogP contribution in [0.5, 0.6) is 11.5 Å². The molecule has 0 fully saturated rings. The van der Waals surface area contributed by atoms with Gasteiger partial charge >= 0.3 is 0 Å². The quantitative estimate of drug-likeness (QED) is 0.670. The van der Waals surface area contributed by atoms with Crippen LogP contribution in [0, 0.1) is 0 Å². The molecule has 0 N–H and O–H groups in total. The van der Waals surface area contributed by atoms with E-state index in [4.69, 9.17) is 17.3 Å². The third-order valence-electron chi connectivity index (χ3n) is 2.10. The molecule has 0 saturated heterocycles. The lowest BCUT2D eigenvalue weighted by Gasteiger charge is -2.17. The first-order valence-electron chi connectivity index (χ1n) is 4.73. The van der Waals surface area contributed by atoms with E-state index < -0.39 is 0 Å². The molecular weight excluding hydrogens is 189 g/mol. The van der Waals surface area contributed by atoms with Crippen LogP contribution in [0.3, 0.4) is 0 Å². The van der Waals surface area contributed by atoms with E-state index in [2.05, 4.69) is 4.90 Å². The van der Waals surface area contributed by atoms with Gasteiger partial charge in [0.25, 0.3) is 0 Å². The molecule has 0 aromatic heterocycles. The molecule has 0 aliphatic rings. The Hall–Kier alpha value is -1.16. The van der Waals surface area contributed by atoms with Crippen LogP contribution < -0.4 is 14.9 Å². The van der Waals surface area contributed by atoms with E-state index in [-0.39, 0.29) is 0 Å². The van der Waals surface area contributed by atoms with Crippen LogP contribution in [0.15, 0.2) is 12.1 Å². The molecule has 1 aromatic carbocycles. The number of methoxy groups -OCH3 is 2. The smallest absolute Gasteiger partial charge is 0.126 e. The lowest BCUT2D eigenvalue weighted by Crippen LogP contribution is -2.15. The number of rotatable bonds is 4. The minimum absolute atomic E-state index is 0.645. The molecule has 4 heteroatoms. The number of hydrogen-bond donors (Lipinski definition) is 0. The molecule has 0 spiro atoms. The Morgan fingerprint density at radius 2 is 1.60 bits per heavy atom. The molecule has 0 heterocycles. The Balaban J connectivity index is 3.18. The predicted octanol–water partition coefficient (Wildman–Crippen LogP) is 0.559. The van der Waals surface area contributed by atoms with Gasteiger partial charge in [0.15, 0.2) is 0 Å². The Labute approximate surface area is 92.4 Å². The Morgan fingerprint density at radius 1 is 1.13 bits per heavy atom. The Kier molecular flexibility index (Phi) is 4.03. The molecular formula is C11H16BNO2. The van der Waals surface area contributed by atoms with Crippen LogP contribution in [-0.4, -0.2) is 41.1 Å². The van der Waals surface area contributed by atoms with E-state index in [1.807, 2.05) is 14.1 Å². The molecule has 1 rings (SSSR count). The standard InChI is InChI=1S/C11H16BNO2/c1-13(2)7-9-10(14-3)5-8(12)6-11(9)15-4/h5-6H,7H2,1-4H3. The third kappa shape index (κ3) is 2.89. The van der Waals surface area contributed by atoms with Crippen molar-refractivity contribution in [1.29, 1.82) is 0 Å². The van der Waals surface area contributed by atoms with Crippen molar-refractivity contribution in [1.82, 2.24) is 4.90 Å². The average Bonchev–Trinajstić information content (AvgIpc) is 2.19. The second-order valence-corrected chi connectivity index (χ2v) is 3.64. The average molecular weight is 205 g/mol. The topological polar surface area (TPSA) is 21.7 Å². The van der Waals surface area contributed by atoms with E-state index >= 15 is 0 Å². The number of nitrogens with zero attached hydrogens (tertiary/aromatic N) is 1. The summed E-state index contributed by atoms with van der Waals surface area (Å²) < 4.78 is 10.6. The molecule has 2 radical (unpaired) electrons. The first-order valence-corrected chi connectivity index (χ1v) is 4.73. The van der Waals surface area contributed by atoms with Gasteiger partial charge in [-0.25, -0.2) is 0 Å². The van der Waals surface area contributed by atoms with Crippen molar-refractivity contribution in [2.24, 2.45) is 0 Å². The van der Waals surface area contributed by atoms with Crippen LogP contribution in [0.4, 0.5) is 0 Å². The van der Waals surface area contributed by atoms with E-state index in [9.17, 15) is 0 Å². The summed E-state index contributed by atoms with van der Waals surface area (Å²) in [6, 6.07) is 3.61. The van der Waals surface area contributed by atoms with Gasteiger partial charge in [-0.15, -0.1) is 0 Å². The highest BCUT2D eigenvalue weighted by atomic mass is 16.5. The molecule has 1 aromatic rings. The van der Waals surface area contributed by atoms with Crippen LogP contribution in [-0.2, 0) is 6.54 Å². The van der Waals surface area contributed by atoms with Gasteiger partial charge in [0.1, 0.15) is 19.3 Å². The SMILES string of the molecule is [B]c1cc(OC)c(CN(C)C)c(OC)c1. The van der Waals surface area contributed by atoms with Gasteiger partial charge < -0.3 is 14.4 Å². The van der Waals surface area contributed by atoms with Gasteiger partial charge in [0, 0.05) is 6.54 Å². The lowest BCUT2D eigenvalue weighted by molar-refractivity contribution is 0.349. The second-order valence-electron chi connectivity index (χ2n) is 3.64. The molecule has 0 aliphatic heterocycles. The van der Waals surface area contributed by atoms with Crippen LogP contribution >= 0.6 is 0 Å². The predicted molar refractivity (Wildman–Crippen MR) is 62.3 cm³/mol. The number of hydrogen-bond acceptors (Lipinski definition) is 3. The van der Waals surface area contributed by atoms with Crippen LogP contribution in [0.25, 0.3) is 0 Å². The molecule has 3 nitrogen and oxygen atoms in total. The van der Waals surface area contributed by atoms with Gasteiger partial charge in [-0.05, 0) is 26.2 Å². The zero-order valence-corrected chi connectivity index (χ0v) is 9.70. The van der Waals surface area contributed by atoms with E-state index in [1.54, 1.807) is 26.4 Å². The molecule has 15 heavy (non-hydrogen) atoms. The Morgan fingerprint density at radius 3 is 1.93 bits per heavy atom. The van der Waals surface area contributed by atoms with E-state index in [1.165, 1.54) is 0 Å². The van der Waals surface area contributed by atoms with E-state index in [0.29, 0.717) is 5.46 Å². The minimum Gasteiger partial charge on any atom is -0.496 e. The summed E-state index contributed by atoms with van der Waals surface area (Å²) in [6.45, 7) is 0.757. The highest BCUT2D eigenvalue weighted by Gasteiger charge is 2.11. The molecule has 80 valence electrons. The van der Waals surface area contributed by atoms with E-state index in [0.717, 1.165) is 23.6 Å². The molecule has 0 saturated carbocycles. The van der Waals surface area contributed by atoms with Gasteiger partial charge in [-0.3, -0.25) is 0 Å². The van der Waals surface area contributed by atoms with Crippen molar-refractivity contribution in [3.8, 4) is 11.5 Å². The minimum atomic E-state index is 0.645. The third-order valence-corrected chi connectivity index (χ3v) is 2.10. The summed E-state index contributed by atoms with van der Waals surface area (Å²) in [5.74, 6) is 1.53. The van der Waals surface area contributed by atoms with Crippen molar-refractivity contribution < 1.29 is 9.47 Å². The maximum absolute atomic E-state index is 5.74. The first-order chi connectivity index (χ1) is 7.08. The second kappa shape index (κ2) is 5.07. The van der Waals surface area contributed by atoms with Gasteiger partial charge in [0.05, 0.1) is 19.8 Å². The van der Waals surface area contributed by atoms with Crippen molar-refractivity contribution in [2.75, 3.05) is 28.3 Å². The molecule has 0 amide bonds. The molecule has 0 atom stereocenters.